The molecule has 0 saturated carbocycles. The number of rotatable bonds is 5. The maximum atomic E-state index is 13.5. The maximum absolute atomic E-state index is 13.5. The summed E-state index contributed by atoms with van der Waals surface area (Å²) in [5, 5.41) is 19.7. The third-order valence-corrected chi connectivity index (χ3v) is 3.45. The molecule has 100 valence electrons. The van der Waals surface area contributed by atoms with Crippen molar-refractivity contribution in [3.05, 3.63) is 34.6 Å². The minimum Gasteiger partial charge on any atom is -0.390 e. The lowest BCUT2D eigenvalue weighted by molar-refractivity contribution is -0.109. The Morgan fingerprint density at radius 3 is 2.72 bits per heavy atom. The first-order valence-corrected chi connectivity index (χ1v) is 6.72. The van der Waals surface area contributed by atoms with Gasteiger partial charge < -0.3 is 10.2 Å². The summed E-state index contributed by atoms with van der Waals surface area (Å²) in [6, 6.07) is 3.86. The monoisotopic (exact) mass is 292 g/mol. The largest absolute Gasteiger partial charge is 0.390 e. The molecule has 6 heteroatoms. The Labute approximate surface area is 114 Å². The summed E-state index contributed by atoms with van der Waals surface area (Å²) < 4.78 is 13.5. The van der Waals surface area contributed by atoms with Crippen LogP contribution in [0.1, 0.15) is 25.0 Å². The van der Waals surface area contributed by atoms with Crippen molar-refractivity contribution in [2.45, 2.75) is 25.6 Å². The van der Waals surface area contributed by atoms with Gasteiger partial charge in [-0.15, -0.1) is 0 Å². The summed E-state index contributed by atoms with van der Waals surface area (Å²) in [7, 11) is 0. The van der Waals surface area contributed by atoms with Crippen LogP contribution in [0.25, 0.3) is 0 Å². The van der Waals surface area contributed by atoms with Crippen LogP contribution in [0.3, 0.4) is 0 Å². The minimum atomic E-state index is -1.32. The first-order valence-electron chi connectivity index (χ1n) is 5.36. The highest BCUT2D eigenvalue weighted by Gasteiger charge is 2.21. The molecule has 1 aromatic carbocycles. The number of aliphatic hydroxyl groups is 2. The van der Waals surface area contributed by atoms with E-state index >= 15 is 0 Å². The van der Waals surface area contributed by atoms with Crippen molar-refractivity contribution in [1.82, 2.24) is 0 Å². The van der Waals surface area contributed by atoms with E-state index in [1.807, 2.05) is 0 Å². The van der Waals surface area contributed by atoms with Crippen LogP contribution in [0.5, 0.6) is 0 Å². The Hall–Kier alpha value is -0.620. The molecule has 0 aliphatic rings. The van der Waals surface area contributed by atoms with Gasteiger partial charge in [0, 0.05) is 23.3 Å². The van der Waals surface area contributed by atoms with Crippen LogP contribution in [0, 0.1) is 5.82 Å². The van der Waals surface area contributed by atoms with E-state index in [1.54, 1.807) is 0 Å². The first-order chi connectivity index (χ1) is 8.41. The molecule has 0 bridgehead atoms. The minimum absolute atomic E-state index is 0.000255. The van der Waals surface area contributed by atoms with Gasteiger partial charge in [0.1, 0.15) is 11.9 Å². The molecule has 0 radical (unpaired) electrons. The number of hydrogen-bond acceptors (Lipinski definition) is 4. The van der Waals surface area contributed by atoms with E-state index in [1.165, 1.54) is 19.1 Å². The molecule has 2 unspecified atom stereocenters. The lowest BCUT2D eigenvalue weighted by Crippen LogP contribution is -2.20. The van der Waals surface area contributed by atoms with Crippen molar-refractivity contribution < 1.29 is 19.4 Å². The first kappa shape index (κ1) is 15.4. The number of halogens is 2. The quantitative estimate of drug-likeness (QED) is 0.876. The molecule has 0 heterocycles. The molecule has 0 aromatic heterocycles. The van der Waals surface area contributed by atoms with Crippen molar-refractivity contribution in [1.29, 1.82) is 0 Å². The smallest absolute Gasteiger partial charge is 0.185 e. The predicted octanol–water partition coefficient (Wildman–Crippen LogP) is 2.54. The standard InChI is InChI=1S/C12H14ClFO3S/c1-7(15)18-5-4-11(16)12(17)9-3-2-8(13)6-10(9)14/h2-3,6,11-12,16-17H,4-5H2,1H3. The highest BCUT2D eigenvalue weighted by atomic mass is 35.5. The third-order valence-electron chi connectivity index (χ3n) is 2.36. The summed E-state index contributed by atoms with van der Waals surface area (Å²) in [4.78, 5) is 10.7. The molecule has 2 N–H and O–H groups in total. The molecule has 0 spiro atoms. The van der Waals surface area contributed by atoms with Crippen LogP contribution in [-0.4, -0.2) is 27.2 Å². The molecule has 1 aromatic rings. The maximum Gasteiger partial charge on any atom is 0.185 e. The zero-order valence-corrected chi connectivity index (χ0v) is 11.3. The molecular formula is C12H14ClFO3S. The summed E-state index contributed by atoms with van der Waals surface area (Å²) in [5.41, 5.74) is -0.000255. The highest BCUT2D eigenvalue weighted by Crippen LogP contribution is 2.25. The molecule has 0 aliphatic carbocycles. The van der Waals surface area contributed by atoms with Crippen LogP contribution in [0.2, 0.25) is 5.02 Å². The average Bonchev–Trinajstić information content (AvgIpc) is 2.27. The van der Waals surface area contributed by atoms with Crippen molar-refractivity contribution in [3.8, 4) is 0 Å². The number of thioether (sulfide) groups is 1. The predicted molar refractivity (Wildman–Crippen MR) is 70.1 cm³/mol. The third kappa shape index (κ3) is 4.57. The summed E-state index contributed by atoms with van der Waals surface area (Å²) in [6.45, 7) is 1.42. The summed E-state index contributed by atoms with van der Waals surface area (Å²) >= 11 is 6.65. The number of carbonyl (C=O) groups excluding carboxylic acids is 1. The number of hydrogen-bond donors (Lipinski definition) is 2. The second kappa shape index (κ2) is 7.09. The Kier molecular flexibility index (Phi) is 6.08. The molecule has 0 aliphatic heterocycles. The highest BCUT2D eigenvalue weighted by molar-refractivity contribution is 8.13. The van der Waals surface area contributed by atoms with Crippen LogP contribution in [0.4, 0.5) is 4.39 Å². The normalized spacial score (nSPS) is 14.3. The van der Waals surface area contributed by atoms with Gasteiger partial charge in [-0.05, 0) is 18.6 Å². The second-order valence-corrected chi connectivity index (χ2v) is 5.52. The van der Waals surface area contributed by atoms with Gasteiger partial charge in [0.05, 0.1) is 6.10 Å². The van der Waals surface area contributed by atoms with Gasteiger partial charge in [0.2, 0.25) is 0 Å². The second-order valence-electron chi connectivity index (χ2n) is 3.81. The summed E-state index contributed by atoms with van der Waals surface area (Å²) in [6.07, 6.45) is -2.24. The molecule has 0 saturated heterocycles. The number of benzene rings is 1. The fourth-order valence-electron chi connectivity index (χ4n) is 1.43. The molecule has 1 rings (SSSR count). The molecule has 2 atom stereocenters. The Morgan fingerprint density at radius 2 is 2.17 bits per heavy atom. The van der Waals surface area contributed by atoms with Crippen LogP contribution < -0.4 is 0 Å². The Morgan fingerprint density at radius 1 is 1.50 bits per heavy atom. The molecule has 3 nitrogen and oxygen atoms in total. The zero-order chi connectivity index (χ0) is 13.7. The van der Waals surface area contributed by atoms with Gasteiger partial charge in [-0.25, -0.2) is 4.39 Å². The van der Waals surface area contributed by atoms with Crippen molar-refractivity contribution in [2.75, 3.05) is 5.75 Å². The molecule has 0 amide bonds. The number of aliphatic hydroxyl groups excluding tert-OH is 2. The lowest BCUT2D eigenvalue weighted by atomic mass is 10.0. The van der Waals surface area contributed by atoms with Gasteiger partial charge in [-0.1, -0.05) is 29.4 Å². The summed E-state index contributed by atoms with van der Waals surface area (Å²) in [5.74, 6) is -0.281. The van der Waals surface area contributed by atoms with Crippen LogP contribution >= 0.6 is 23.4 Å². The van der Waals surface area contributed by atoms with E-state index < -0.39 is 18.0 Å². The number of carbonyl (C=O) groups is 1. The van der Waals surface area contributed by atoms with Gasteiger partial charge in [0.15, 0.2) is 5.12 Å². The van der Waals surface area contributed by atoms with Crippen molar-refractivity contribution >= 4 is 28.5 Å². The average molecular weight is 293 g/mol. The van der Waals surface area contributed by atoms with E-state index in [-0.39, 0.29) is 22.1 Å². The van der Waals surface area contributed by atoms with E-state index in [9.17, 15) is 19.4 Å². The molecule has 0 fully saturated rings. The fourth-order valence-corrected chi connectivity index (χ4v) is 2.24. The van der Waals surface area contributed by atoms with E-state index in [2.05, 4.69) is 0 Å². The zero-order valence-electron chi connectivity index (χ0n) is 9.77. The van der Waals surface area contributed by atoms with Crippen molar-refractivity contribution in [2.24, 2.45) is 0 Å². The van der Waals surface area contributed by atoms with Gasteiger partial charge in [0.25, 0.3) is 0 Å². The van der Waals surface area contributed by atoms with Gasteiger partial charge in [-0.2, -0.15) is 0 Å². The van der Waals surface area contributed by atoms with Crippen LogP contribution in [0.15, 0.2) is 18.2 Å². The molecule has 18 heavy (non-hydrogen) atoms. The van der Waals surface area contributed by atoms with Gasteiger partial charge in [-0.3, -0.25) is 4.79 Å². The van der Waals surface area contributed by atoms with E-state index in [0.717, 1.165) is 17.8 Å². The van der Waals surface area contributed by atoms with E-state index in [0.29, 0.717) is 5.75 Å². The van der Waals surface area contributed by atoms with Crippen LogP contribution in [-0.2, 0) is 4.79 Å². The fraction of sp³-hybridized carbons (Fsp3) is 0.417. The van der Waals surface area contributed by atoms with Gasteiger partial charge >= 0.3 is 0 Å². The van der Waals surface area contributed by atoms with Crippen molar-refractivity contribution in [3.63, 3.8) is 0 Å². The Bertz CT molecular complexity index is 428. The Balaban J connectivity index is 2.62. The SMILES string of the molecule is CC(=O)SCCC(O)C(O)c1ccc(Cl)cc1F. The molecular weight excluding hydrogens is 279 g/mol. The topological polar surface area (TPSA) is 57.5 Å². The van der Waals surface area contributed by atoms with E-state index in [4.69, 9.17) is 11.6 Å². The lowest BCUT2D eigenvalue weighted by Gasteiger charge is -2.18.